The Bertz CT molecular complexity index is 1580. The van der Waals surface area contributed by atoms with Crippen LogP contribution in [0.2, 0.25) is 5.02 Å². The Morgan fingerprint density at radius 3 is 2.21 bits per heavy atom. The van der Waals surface area contributed by atoms with E-state index in [1.165, 1.54) is 0 Å². The Morgan fingerprint density at radius 1 is 0.938 bits per heavy atom. The number of carboxylic acid groups (broad SMARTS) is 1. The quantitative estimate of drug-likeness (QED) is 0.136. The number of rotatable bonds is 15. The third-order valence-corrected chi connectivity index (χ3v) is 8.55. The average Bonchev–Trinajstić information content (AvgIpc) is 3.42. The summed E-state index contributed by atoms with van der Waals surface area (Å²) in [5.41, 5.74) is 3.78. The molecule has 2 aliphatic heterocycles. The number of hydrogen-bond donors (Lipinski definition) is 2. The van der Waals surface area contributed by atoms with Gasteiger partial charge in [0.15, 0.2) is 5.79 Å². The van der Waals surface area contributed by atoms with Crippen molar-refractivity contribution in [3.05, 3.63) is 129 Å². The second-order valence-electron chi connectivity index (χ2n) is 12.2. The molecule has 0 aliphatic carbocycles. The van der Waals surface area contributed by atoms with Crippen LogP contribution in [0.4, 0.5) is 0 Å². The fourth-order valence-electron chi connectivity index (χ4n) is 6.15. The lowest BCUT2D eigenvalue weighted by atomic mass is 9.80. The van der Waals surface area contributed by atoms with Gasteiger partial charge in [-0.15, -0.1) is 0 Å². The molecule has 1 saturated heterocycles. The number of benzene rings is 3. The largest absolute Gasteiger partial charge is 0.478 e. The average molecular weight is 676 g/mol. The molecular weight excluding hydrogens is 634 g/mol. The molecule has 48 heavy (non-hydrogen) atoms. The number of halogens is 1. The van der Waals surface area contributed by atoms with E-state index in [1.54, 1.807) is 31.2 Å². The number of carbonyl (C=O) groups is 2. The van der Waals surface area contributed by atoms with Crippen LogP contribution in [0.15, 0.2) is 107 Å². The Morgan fingerprint density at radius 2 is 1.60 bits per heavy atom. The molecular formula is C38H42ClNO8. The number of esters is 1. The van der Waals surface area contributed by atoms with Gasteiger partial charge in [0.1, 0.15) is 6.10 Å². The molecule has 10 heteroatoms. The van der Waals surface area contributed by atoms with Crippen LogP contribution >= 0.6 is 11.6 Å². The number of carboxylic acids is 1. The van der Waals surface area contributed by atoms with E-state index in [9.17, 15) is 14.7 Å². The summed E-state index contributed by atoms with van der Waals surface area (Å²) in [7, 11) is 0. The molecule has 3 aromatic carbocycles. The van der Waals surface area contributed by atoms with Gasteiger partial charge in [-0.05, 0) is 56.0 Å². The van der Waals surface area contributed by atoms with Crippen LogP contribution < -0.4 is 5.32 Å². The van der Waals surface area contributed by atoms with Crippen LogP contribution in [-0.2, 0) is 33.3 Å². The van der Waals surface area contributed by atoms with Crippen molar-refractivity contribution in [2.24, 2.45) is 0 Å². The zero-order valence-electron chi connectivity index (χ0n) is 27.4. The van der Waals surface area contributed by atoms with E-state index in [0.717, 1.165) is 11.1 Å². The molecule has 5 rings (SSSR count). The number of dihydropyridines is 1. The number of ether oxygens (including phenoxy) is 5. The van der Waals surface area contributed by atoms with Gasteiger partial charge in [-0.25, -0.2) is 9.59 Å². The smallest absolute Gasteiger partial charge is 0.336 e. The first-order chi connectivity index (χ1) is 23.1. The fourth-order valence-corrected chi connectivity index (χ4v) is 6.35. The predicted molar refractivity (Wildman–Crippen MR) is 182 cm³/mol. The normalized spacial score (nSPS) is 19.0. The Kier molecular flexibility index (Phi) is 12.1. The van der Waals surface area contributed by atoms with E-state index in [2.05, 4.69) is 29.6 Å². The first kappa shape index (κ1) is 35.3. The van der Waals surface area contributed by atoms with Gasteiger partial charge >= 0.3 is 11.9 Å². The molecule has 254 valence electrons. The minimum atomic E-state index is -1.15. The number of nitrogens with one attached hydrogen (secondary N) is 1. The van der Waals surface area contributed by atoms with Gasteiger partial charge in [-0.1, -0.05) is 84.4 Å². The number of carbonyl (C=O) groups excluding carboxylic acids is 1. The minimum absolute atomic E-state index is 0.00181. The molecule has 3 aromatic rings. The summed E-state index contributed by atoms with van der Waals surface area (Å²) in [5.74, 6) is -3.35. The van der Waals surface area contributed by atoms with Crippen molar-refractivity contribution in [2.75, 3.05) is 39.6 Å². The van der Waals surface area contributed by atoms with Gasteiger partial charge in [0, 0.05) is 16.6 Å². The molecule has 0 radical (unpaired) electrons. The monoisotopic (exact) mass is 675 g/mol. The van der Waals surface area contributed by atoms with Crippen LogP contribution in [0.25, 0.3) is 0 Å². The first-order valence-corrected chi connectivity index (χ1v) is 16.4. The summed E-state index contributed by atoms with van der Waals surface area (Å²) in [6.45, 7) is 6.83. The molecule has 0 spiro atoms. The van der Waals surface area contributed by atoms with Crippen LogP contribution in [0.3, 0.4) is 0 Å². The summed E-state index contributed by atoms with van der Waals surface area (Å²) in [6, 6.07) is 27.0. The van der Waals surface area contributed by atoms with Crippen molar-refractivity contribution >= 4 is 23.5 Å². The lowest BCUT2D eigenvalue weighted by Crippen LogP contribution is -2.34. The molecule has 2 atom stereocenters. The van der Waals surface area contributed by atoms with E-state index >= 15 is 0 Å². The van der Waals surface area contributed by atoms with Crippen molar-refractivity contribution in [3.63, 3.8) is 0 Å². The highest BCUT2D eigenvalue weighted by Gasteiger charge is 2.39. The summed E-state index contributed by atoms with van der Waals surface area (Å²) < 4.78 is 29.0. The third kappa shape index (κ3) is 9.12. The second-order valence-corrected chi connectivity index (χ2v) is 12.7. The highest BCUT2D eigenvalue weighted by molar-refractivity contribution is 6.30. The van der Waals surface area contributed by atoms with Crippen molar-refractivity contribution in [1.82, 2.24) is 5.32 Å². The maximum absolute atomic E-state index is 14.1. The molecule has 0 aromatic heterocycles. The van der Waals surface area contributed by atoms with E-state index < -0.39 is 23.6 Å². The first-order valence-electron chi connectivity index (χ1n) is 16.1. The Balaban J connectivity index is 1.34. The van der Waals surface area contributed by atoms with Crippen molar-refractivity contribution in [2.45, 2.75) is 50.9 Å². The van der Waals surface area contributed by atoms with Crippen LogP contribution in [0, 0.1) is 0 Å². The Labute approximate surface area is 286 Å². The van der Waals surface area contributed by atoms with E-state index in [0.29, 0.717) is 48.2 Å². The fraction of sp³-hybridized carbons (Fsp3) is 0.368. The number of aliphatic carboxylic acids is 1. The molecule has 1 fully saturated rings. The van der Waals surface area contributed by atoms with Crippen LogP contribution in [-0.4, -0.2) is 68.6 Å². The van der Waals surface area contributed by atoms with E-state index in [4.69, 9.17) is 35.3 Å². The van der Waals surface area contributed by atoms with E-state index in [-0.39, 0.29) is 43.0 Å². The molecule has 0 amide bonds. The van der Waals surface area contributed by atoms with Crippen molar-refractivity contribution < 1.29 is 38.4 Å². The lowest BCUT2D eigenvalue weighted by Gasteiger charge is -2.31. The van der Waals surface area contributed by atoms with Gasteiger partial charge < -0.3 is 34.1 Å². The summed E-state index contributed by atoms with van der Waals surface area (Å²) in [5, 5.41) is 13.9. The summed E-state index contributed by atoms with van der Waals surface area (Å²) in [4.78, 5) is 26.7. The van der Waals surface area contributed by atoms with Crippen LogP contribution in [0.1, 0.15) is 55.7 Å². The SMILES string of the molecule is CC1=C(C(=O)O)C(c2cccc(Cl)c2)C(C(=O)OCCC(c2ccccc2)c2ccccc2)=C(COCCOCC2COC(C)(C)O2)N1. The number of allylic oxidation sites excluding steroid dienone is 1. The zero-order chi connectivity index (χ0) is 34.1. The predicted octanol–water partition coefficient (Wildman–Crippen LogP) is 6.59. The molecule has 0 bridgehead atoms. The highest BCUT2D eigenvalue weighted by Crippen LogP contribution is 2.40. The molecule has 2 aliphatic rings. The molecule has 0 saturated carbocycles. The van der Waals surface area contributed by atoms with Gasteiger partial charge in [0.25, 0.3) is 0 Å². The maximum Gasteiger partial charge on any atom is 0.336 e. The molecule has 2 N–H and O–H groups in total. The lowest BCUT2D eigenvalue weighted by molar-refractivity contribution is -0.145. The standard InChI is InChI=1S/C38H42ClNO8/c1-25-33(36(41)42)34(28-15-10-16-29(39)21-28)35(32(40-25)24-45-20-19-44-22-30-23-47-38(2,3)48-30)37(43)46-18-17-31(26-11-6-4-7-12-26)27-13-8-5-9-14-27/h4-16,21,30-31,34,40H,17-20,22-24H2,1-3H3,(H,41,42). The summed E-state index contributed by atoms with van der Waals surface area (Å²) in [6.07, 6.45) is 0.368. The van der Waals surface area contributed by atoms with Gasteiger partial charge in [0.05, 0.1) is 62.4 Å². The minimum Gasteiger partial charge on any atom is -0.478 e. The van der Waals surface area contributed by atoms with Gasteiger partial charge in [-0.3, -0.25) is 0 Å². The van der Waals surface area contributed by atoms with Crippen LogP contribution in [0.5, 0.6) is 0 Å². The van der Waals surface area contributed by atoms with Gasteiger partial charge in [0.2, 0.25) is 0 Å². The highest BCUT2D eigenvalue weighted by atomic mass is 35.5. The molecule has 2 heterocycles. The summed E-state index contributed by atoms with van der Waals surface area (Å²) >= 11 is 6.35. The Hall–Kier alpha value is -3.99. The van der Waals surface area contributed by atoms with E-state index in [1.807, 2.05) is 50.2 Å². The van der Waals surface area contributed by atoms with Crippen molar-refractivity contribution in [1.29, 1.82) is 0 Å². The topological polar surface area (TPSA) is 113 Å². The zero-order valence-corrected chi connectivity index (χ0v) is 28.2. The maximum atomic E-state index is 14.1. The molecule has 9 nitrogen and oxygen atoms in total. The van der Waals surface area contributed by atoms with Gasteiger partial charge in [-0.2, -0.15) is 0 Å². The van der Waals surface area contributed by atoms with Crippen molar-refractivity contribution in [3.8, 4) is 0 Å². The number of hydrogen-bond acceptors (Lipinski definition) is 8. The molecule has 2 unspecified atom stereocenters. The second kappa shape index (κ2) is 16.4. The third-order valence-electron chi connectivity index (χ3n) is 8.31.